The highest BCUT2D eigenvalue weighted by atomic mass is 16.3. The molecule has 1 aromatic carbocycles. The predicted octanol–water partition coefficient (Wildman–Crippen LogP) is 1.87. The van der Waals surface area contributed by atoms with Crippen LogP contribution in [-0.2, 0) is 4.79 Å². The Bertz CT molecular complexity index is 559. The smallest absolute Gasteiger partial charge is 0.257 e. The lowest BCUT2D eigenvalue weighted by atomic mass is 9.95. The molecular weight excluding hydrogens is 280 g/mol. The van der Waals surface area contributed by atoms with Crippen LogP contribution < -0.4 is 0 Å². The second-order valence-corrected chi connectivity index (χ2v) is 6.12. The Hall–Kier alpha value is -2.04. The number of likely N-dealkylation sites (tertiary alicyclic amines) is 2. The molecule has 2 amide bonds. The molecule has 0 unspecified atom stereocenters. The van der Waals surface area contributed by atoms with Crippen LogP contribution in [-0.4, -0.2) is 52.9 Å². The van der Waals surface area contributed by atoms with Gasteiger partial charge in [0, 0.05) is 32.1 Å². The summed E-state index contributed by atoms with van der Waals surface area (Å²) in [7, 11) is 0. The molecular formula is C17H22N2O3. The van der Waals surface area contributed by atoms with E-state index < -0.39 is 0 Å². The van der Waals surface area contributed by atoms with Gasteiger partial charge < -0.3 is 14.9 Å². The Morgan fingerprint density at radius 2 is 1.59 bits per heavy atom. The van der Waals surface area contributed by atoms with Gasteiger partial charge in [-0.2, -0.15) is 0 Å². The lowest BCUT2D eigenvalue weighted by Crippen LogP contribution is -2.43. The third-order valence-corrected chi connectivity index (χ3v) is 4.68. The van der Waals surface area contributed by atoms with Gasteiger partial charge in [0.05, 0.1) is 5.56 Å². The number of aromatic hydroxyl groups is 1. The van der Waals surface area contributed by atoms with Crippen LogP contribution in [0.2, 0.25) is 0 Å². The van der Waals surface area contributed by atoms with Gasteiger partial charge in [-0.3, -0.25) is 9.59 Å². The Balaban J connectivity index is 1.58. The van der Waals surface area contributed by atoms with E-state index in [2.05, 4.69) is 0 Å². The average molecular weight is 302 g/mol. The van der Waals surface area contributed by atoms with Gasteiger partial charge in [0.2, 0.25) is 5.91 Å². The van der Waals surface area contributed by atoms with Crippen molar-refractivity contribution in [3.63, 3.8) is 0 Å². The number of carbonyl (C=O) groups excluding carboxylic acids is 2. The molecule has 0 bridgehead atoms. The highest BCUT2D eigenvalue weighted by molar-refractivity contribution is 5.97. The zero-order valence-corrected chi connectivity index (χ0v) is 12.7. The Morgan fingerprint density at radius 1 is 0.955 bits per heavy atom. The van der Waals surface area contributed by atoms with Crippen LogP contribution in [0.1, 0.15) is 36.0 Å². The predicted molar refractivity (Wildman–Crippen MR) is 82.5 cm³/mol. The molecule has 2 fully saturated rings. The van der Waals surface area contributed by atoms with Crippen molar-refractivity contribution in [2.75, 3.05) is 26.2 Å². The van der Waals surface area contributed by atoms with Crippen LogP contribution in [0, 0.1) is 5.92 Å². The van der Waals surface area contributed by atoms with Gasteiger partial charge in [0.15, 0.2) is 0 Å². The molecule has 0 atom stereocenters. The van der Waals surface area contributed by atoms with Gasteiger partial charge >= 0.3 is 0 Å². The van der Waals surface area contributed by atoms with Crippen LogP contribution in [0.4, 0.5) is 0 Å². The van der Waals surface area contributed by atoms with E-state index in [1.165, 1.54) is 6.07 Å². The van der Waals surface area contributed by atoms with Crippen molar-refractivity contribution >= 4 is 11.8 Å². The van der Waals surface area contributed by atoms with Gasteiger partial charge in [-0.1, -0.05) is 12.1 Å². The molecule has 5 heteroatoms. The van der Waals surface area contributed by atoms with Gasteiger partial charge in [-0.05, 0) is 37.8 Å². The minimum Gasteiger partial charge on any atom is -0.507 e. The van der Waals surface area contributed by atoms with Crippen LogP contribution in [0.5, 0.6) is 5.75 Å². The van der Waals surface area contributed by atoms with Crippen molar-refractivity contribution in [1.29, 1.82) is 0 Å². The number of phenols is 1. The second-order valence-electron chi connectivity index (χ2n) is 6.12. The van der Waals surface area contributed by atoms with E-state index in [9.17, 15) is 14.7 Å². The molecule has 3 rings (SSSR count). The number of carbonyl (C=O) groups is 2. The highest BCUT2D eigenvalue weighted by Gasteiger charge is 2.31. The lowest BCUT2D eigenvalue weighted by Gasteiger charge is -2.33. The van der Waals surface area contributed by atoms with E-state index in [0.29, 0.717) is 31.5 Å². The Morgan fingerprint density at radius 3 is 2.23 bits per heavy atom. The summed E-state index contributed by atoms with van der Waals surface area (Å²) in [5.41, 5.74) is 0.340. The van der Waals surface area contributed by atoms with E-state index in [-0.39, 0.29) is 23.5 Å². The molecule has 118 valence electrons. The fourth-order valence-electron chi connectivity index (χ4n) is 3.35. The summed E-state index contributed by atoms with van der Waals surface area (Å²) in [5, 5.41) is 9.79. The summed E-state index contributed by atoms with van der Waals surface area (Å²) in [6.45, 7) is 2.93. The first-order valence-corrected chi connectivity index (χ1v) is 8.03. The third kappa shape index (κ3) is 2.93. The molecule has 2 saturated heterocycles. The fourth-order valence-corrected chi connectivity index (χ4v) is 3.35. The summed E-state index contributed by atoms with van der Waals surface area (Å²) in [5.74, 6) is 0.173. The van der Waals surface area contributed by atoms with Crippen molar-refractivity contribution in [1.82, 2.24) is 9.80 Å². The van der Waals surface area contributed by atoms with Crippen molar-refractivity contribution < 1.29 is 14.7 Å². The molecule has 1 aromatic rings. The minimum absolute atomic E-state index is 0.0165. The first-order valence-electron chi connectivity index (χ1n) is 8.03. The maximum absolute atomic E-state index is 12.4. The van der Waals surface area contributed by atoms with E-state index in [1.807, 2.05) is 4.90 Å². The monoisotopic (exact) mass is 302 g/mol. The van der Waals surface area contributed by atoms with E-state index in [4.69, 9.17) is 0 Å². The quantitative estimate of drug-likeness (QED) is 0.907. The molecule has 0 aromatic heterocycles. The van der Waals surface area contributed by atoms with Crippen LogP contribution >= 0.6 is 0 Å². The van der Waals surface area contributed by atoms with Crippen LogP contribution in [0.15, 0.2) is 24.3 Å². The number of benzene rings is 1. The topological polar surface area (TPSA) is 60.9 Å². The molecule has 5 nitrogen and oxygen atoms in total. The Labute approximate surface area is 130 Å². The molecule has 0 spiro atoms. The van der Waals surface area contributed by atoms with Crippen molar-refractivity contribution in [3.8, 4) is 5.75 Å². The first kappa shape index (κ1) is 14.9. The summed E-state index contributed by atoms with van der Waals surface area (Å²) in [6.07, 6.45) is 3.65. The van der Waals surface area contributed by atoms with Crippen LogP contribution in [0.25, 0.3) is 0 Å². The van der Waals surface area contributed by atoms with Crippen LogP contribution in [0.3, 0.4) is 0 Å². The normalized spacial score (nSPS) is 19.5. The average Bonchev–Trinajstić information content (AvgIpc) is 3.09. The number of hydrogen-bond acceptors (Lipinski definition) is 3. The van der Waals surface area contributed by atoms with Crippen molar-refractivity contribution in [3.05, 3.63) is 29.8 Å². The number of nitrogens with zero attached hydrogens (tertiary/aromatic N) is 2. The molecule has 22 heavy (non-hydrogen) atoms. The number of rotatable bonds is 2. The molecule has 0 radical (unpaired) electrons. The van der Waals surface area contributed by atoms with Crippen molar-refractivity contribution in [2.45, 2.75) is 25.7 Å². The second kappa shape index (κ2) is 6.38. The minimum atomic E-state index is -0.148. The molecule has 0 aliphatic carbocycles. The van der Waals surface area contributed by atoms with E-state index in [1.54, 1.807) is 23.1 Å². The number of amides is 2. The number of hydrogen-bond donors (Lipinski definition) is 1. The maximum Gasteiger partial charge on any atom is 0.257 e. The standard InChI is InChI=1S/C17H22N2O3/c20-15-6-2-1-5-14(15)17(22)19-11-7-13(8-12-19)16(21)18-9-3-4-10-18/h1-2,5-6,13,20H,3-4,7-12H2. The van der Waals surface area contributed by atoms with Gasteiger partial charge in [0.25, 0.3) is 5.91 Å². The molecule has 0 saturated carbocycles. The maximum atomic E-state index is 12.4. The van der Waals surface area contributed by atoms with Crippen molar-refractivity contribution in [2.24, 2.45) is 5.92 Å². The van der Waals surface area contributed by atoms with Gasteiger partial charge in [-0.25, -0.2) is 0 Å². The summed E-state index contributed by atoms with van der Waals surface area (Å²) in [4.78, 5) is 28.5. The molecule has 2 aliphatic heterocycles. The SMILES string of the molecule is O=C(c1ccccc1O)N1CCC(C(=O)N2CCCC2)CC1. The Kier molecular flexibility index (Phi) is 4.32. The lowest BCUT2D eigenvalue weighted by molar-refractivity contribution is -0.135. The number of phenolic OH excluding ortho intramolecular Hbond substituents is 1. The van der Waals surface area contributed by atoms with E-state index in [0.717, 1.165) is 25.9 Å². The first-order chi connectivity index (χ1) is 10.7. The number of piperidine rings is 1. The summed E-state index contributed by atoms with van der Waals surface area (Å²) >= 11 is 0. The molecule has 2 heterocycles. The van der Waals surface area contributed by atoms with E-state index >= 15 is 0 Å². The largest absolute Gasteiger partial charge is 0.507 e. The zero-order chi connectivity index (χ0) is 15.5. The van der Waals surface area contributed by atoms with Gasteiger partial charge in [-0.15, -0.1) is 0 Å². The third-order valence-electron chi connectivity index (χ3n) is 4.68. The van der Waals surface area contributed by atoms with Gasteiger partial charge in [0.1, 0.15) is 5.75 Å². The fraction of sp³-hybridized carbons (Fsp3) is 0.529. The summed E-state index contributed by atoms with van der Waals surface area (Å²) < 4.78 is 0. The molecule has 2 aliphatic rings. The highest BCUT2D eigenvalue weighted by Crippen LogP contribution is 2.25. The summed E-state index contributed by atoms with van der Waals surface area (Å²) in [6, 6.07) is 6.61. The number of para-hydroxylation sites is 1. The zero-order valence-electron chi connectivity index (χ0n) is 12.7. The molecule has 1 N–H and O–H groups in total.